The van der Waals surface area contributed by atoms with E-state index in [1.54, 1.807) is 0 Å². The van der Waals surface area contributed by atoms with Crippen LogP contribution in [-0.2, 0) is 0 Å². The van der Waals surface area contributed by atoms with Gasteiger partial charge in [-0.15, -0.1) is 0 Å². The zero-order valence-electron chi connectivity index (χ0n) is 9.45. The van der Waals surface area contributed by atoms with Crippen molar-refractivity contribution in [2.75, 3.05) is 0 Å². The van der Waals surface area contributed by atoms with Crippen LogP contribution in [0.15, 0.2) is 12.3 Å². The molecule has 2 nitrogen and oxygen atoms in total. The highest BCUT2D eigenvalue weighted by atomic mass is 14.9. The van der Waals surface area contributed by atoms with Crippen molar-refractivity contribution in [1.82, 2.24) is 9.97 Å². The minimum atomic E-state index is 0.560. The molecule has 2 heteroatoms. The molecule has 1 aromatic heterocycles. The van der Waals surface area contributed by atoms with Crippen molar-refractivity contribution >= 4 is 0 Å². The van der Waals surface area contributed by atoms with E-state index >= 15 is 0 Å². The first-order chi connectivity index (χ1) is 6.77. The molecule has 14 heavy (non-hydrogen) atoms. The van der Waals surface area contributed by atoms with Crippen molar-refractivity contribution < 1.29 is 0 Å². The second-order valence-electron chi connectivity index (χ2n) is 3.83. The first kappa shape index (κ1) is 11.2. The summed E-state index contributed by atoms with van der Waals surface area (Å²) >= 11 is 0. The number of hydrogen-bond acceptors (Lipinski definition) is 2. The van der Waals surface area contributed by atoms with E-state index in [4.69, 9.17) is 0 Å². The zero-order valence-corrected chi connectivity index (χ0v) is 9.45. The molecule has 0 aliphatic rings. The maximum atomic E-state index is 4.50. The predicted octanol–water partition coefficient (Wildman–Crippen LogP) is 3.47. The maximum Gasteiger partial charge on any atom is 0.131 e. The molecule has 1 aromatic rings. The minimum absolute atomic E-state index is 0.560. The molecule has 1 rings (SSSR count). The number of nitrogens with zero attached hydrogens (tertiary/aromatic N) is 2. The summed E-state index contributed by atoms with van der Waals surface area (Å²) in [6.07, 6.45) is 6.70. The van der Waals surface area contributed by atoms with Crippen LogP contribution in [0.2, 0.25) is 0 Å². The molecule has 0 spiro atoms. The van der Waals surface area contributed by atoms with Crippen LogP contribution in [-0.4, -0.2) is 9.97 Å². The van der Waals surface area contributed by atoms with Gasteiger partial charge in [-0.3, -0.25) is 0 Å². The molecule has 78 valence electrons. The number of rotatable bonds is 5. The van der Waals surface area contributed by atoms with Crippen molar-refractivity contribution in [3.8, 4) is 0 Å². The smallest absolute Gasteiger partial charge is 0.131 e. The van der Waals surface area contributed by atoms with Crippen LogP contribution in [0, 0.1) is 6.92 Å². The van der Waals surface area contributed by atoms with E-state index in [2.05, 4.69) is 23.8 Å². The third-order valence-electron chi connectivity index (χ3n) is 2.45. The van der Waals surface area contributed by atoms with Gasteiger partial charge in [-0.25, -0.2) is 9.97 Å². The van der Waals surface area contributed by atoms with Crippen molar-refractivity contribution in [3.05, 3.63) is 23.8 Å². The molecule has 0 saturated heterocycles. The van der Waals surface area contributed by atoms with Crippen molar-refractivity contribution in [1.29, 1.82) is 0 Å². The van der Waals surface area contributed by atoms with Crippen LogP contribution in [0.1, 0.15) is 57.0 Å². The largest absolute Gasteiger partial charge is 0.241 e. The van der Waals surface area contributed by atoms with Crippen LogP contribution in [0.5, 0.6) is 0 Å². The Morgan fingerprint density at radius 1 is 1.21 bits per heavy atom. The van der Waals surface area contributed by atoms with E-state index in [0.717, 1.165) is 11.5 Å². The average molecular weight is 192 g/mol. The third-order valence-corrected chi connectivity index (χ3v) is 2.45. The Bertz CT molecular complexity index is 265. The van der Waals surface area contributed by atoms with E-state index in [0.29, 0.717) is 5.92 Å². The van der Waals surface area contributed by atoms with Crippen LogP contribution in [0.25, 0.3) is 0 Å². The molecule has 0 bridgehead atoms. The molecule has 0 aliphatic carbocycles. The van der Waals surface area contributed by atoms with E-state index in [-0.39, 0.29) is 0 Å². The Morgan fingerprint density at radius 3 is 2.36 bits per heavy atom. The lowest BCUT2D eigenvalue weighted by atomic mass is 9.97. The Kier molecular flexibility index (Phi) is 4.57. The zero-order chi connectivity index (χ0) is 10.4. The van der Waals surface area contributed by atoms with Crippen molar-refractivity contribution in [2.24, 2.45) is 0 Å². The third kappa shape index (κ3) is 3.09. The van der Waals surface area contributed by atoms with E-state index in [9.17, 15) is 0 Å². The van der Waals surface area contributed by atoms with Gasteiger partial charge in [0.1, 0.15) is 5.82 Å². The summed E-state index contributed by atoms with van der Waals surface area (Å²) < 4.78 is 0. The highest BCUT2D eigenvalue weighted by Crippen LogP contribution is 2.22. The van der Waals surface area contributed by atoms with Gasteiger partial charge < -0.3 is 0 Å². The minimum Gasteiger partial charge on any atom is -0.241 e. The van der Waals surface area contributed by atoms with Gasteiger partial charge in [0.15, 0.2) is 0 Å². The molecular formula is C12H20N2. The summed E-state index contributed by atoms with van der Waals surface area (Å²) in [5.74, 6) is 1.60. The molecule has 0 N–H and O–H groups in total. The predicted molar refractivity (Wildman–Crippen MR) is 59.3 cm³/mol. The van der Waals surface area contributed by atoms with E-state index in [1.165, 1.54) is 25.7 Å². The molecule has 0 saturated carbocycles. The van der Waals surface area contributed by atoms with Gasteiger partial charge in [0, 0.05) is 17.8 Å². The van der Waals surface area contributed by atoms with Crippen LogP contribution in [0.3, 0.4) is 0 Å². The number of aryl methyl sites for hydroxylation is 1. The van der Waals surface area contributed by atoms with Crippen LogP contribution < -0.4 is 0 Å². The van der Waals surface area contributed by atoms with Gasteiger partial charge in [0.05, 0.1) is 0 Å². The fourth-order valence-corrected chi connectivity index (χ4v) is 1.76. The number of hydrogen-bond donors (Lipinski definition) is 0. The van der Waals surface area contributed by atoms with Gasteiger partial charge >= 0.3 is 0 Å². The fraction of sp³-hybridized carbons (Fsp3) is 0.667. The molecular weight excluding hydrogens is 172 g/mol. The maximum absolute atomic E-state index is 4.50. The normalized spacial score (nSPS) is 10.9. The molecule has 0 unspecified atom stereocenters. The standard InChI is InChI=1S/C12H20N2/c1-4-6-11(7-5-2)12-13-9-8-10(3)14-12/h8-9,11H,4-7H2,1-3H3. The van der Waals surface area contributed by atoms with Crippen LogP contribution in [0.4, 0.5) is 0 Å². The molecule has 1 heterocycles. The van der Waals surface area contributed by atoms with E-state index in [1.807, 2.05) is 19.2 Å². The highest BCUT2D eigenvalue weighted by molar-refractivity contribution is 5.03. The summed E-state index contributed by atoms with van der Waals surface area (Å²) in [6, 6.07) is 1.96. The lowest BCUT2D eigenvalue weighted by molar-refractivity contribution is 0.532. The van der Waals surface area contributed by atoms with Gasteiger partial charge in [-0.2, -0.15) is 0 Å². The topological polar surface area (TPSA) is 25.8 Å². The molecule has 0 amide bonds. The quantitative estimate of drug-likeness (QED) is 0.714. The van der Waals surface area contributed by atoms with E-state index < -0.39 is 0 Å². The molecule has 0 atom stereocenters. The second kappa shape index (κ2) is 5.74. The van der Waals surface area contributed by atoms with Gasteiger partial charge in [0.2, 0.25) is 0 Å². The average Bonchev–Trinajstić information content (AvgIpc) is 2.17. The monoisotopic (exact) mass is 192 g/mol. The highest BCUT2D eigenvalue weighted by Gasteiger charge is 2.12. The summed E-state index contributed by atoms with van der Waals surface area (Å²) in [7, 11) is 0. The summed E-state index contributed by atoms with van der Waals surface area (Å²) in [5, 5.41) is 0. The summed E-state index contributed by atoms with van der Waals surface area (Å²) in [6.45, 7) is 6.47. The molecule has 0 aliphatic heterocycles. The molecule has 0 fully saturated rings. The number of aromatic nitrogens is 2. The molecule has 0 aromatic carbocycles. The lowest BCUT2D eigenvalue weighted by Crippen LogP contribution is -2.04. The van der Waals surface area contributed by atoms with Crippen molar-refractivity contribution in [2.45, 2.75) is 52.4 Å². The van der Waals surface area contributed by atoms with Crippen LogP contribution >= 0.6 is 0 Å². The Labute approximate surface area is 86.8 Å². The summed E-state index contributed by atoms with van der Waals surface area (Å²) in [4.78, 5) is 8.87. The van der Waals surface area contributed by atoms with Gasteiger partial charge in [-0.05, 0) is 25.8 Å². The Morgan fingerprint density at radius 2 is 1.86 bits per heavy atom. The second-order valence-corrected chi connectivity index (χ2v) is 3.83. The summed E-state index contributed by atoms with van der Waals surface area (Å²) in [5.41, 5.74) is 1.08. The molecule has 0 radical (unpaired) electrons. The lowest BCUT2D eigenvalue weighted by Gasteiger charge is -2.13. The first-order valence-corrected chi connectivity index (χ1v) is 5.57. The SMILES string of the molecule is CCCC(CCC)c1nccc(C)n1. The van der Waals surface area contributed by atoms with Gasteiger partial charge in [0.25, 0.3) is 0 Å². The van der Waals surface area contributed by atoms with Crippen molar-refractivity contribution in [3.63, 3.8) is 0 Å². The fourth-order valence-electron chi connectivity index (χ4n) is 1.76. The van der Waals surface area contributed by atoms with Gasteiger partial charge in [-0.1, -0.05) is 26.7 Å². The Balaban J connectivity index is 2.75. The Hall–Kier alpha value is -0.920. The first-order valence-electron chi connectivity index (χ1n) is 5.57.